The summed E-state index contributed by atoms with van der Waals surface area (Å²) in [5.74, 6) is -0.416. The van der Waals surface area contributed by atoms with Gasteiger partial charge in [-0.05, 0) is 42.7 Å². The number of aromatic nitrogens is 2. The number of pyridine rings is 2. The zero-order chi connectivity index (χ0) is 19.3. The lowest BCUT2D eigenvalue weighted by Crippen LogP contribution is -2.54. The van der Waals surface area contributed by atoms with Gasteiger partial charge in [-0.1, -0.05) is 41.5 Å². The van der Waals surface area contributed by atoms with Crippen LogP contribution in [-0.2, 0) is 23.3 Å². The van der Waals surface area contributed by atoms with E-state index in [1.54, 1.807) is 24.8 Å². The van der Waals surface area contributed by atoms with Crippen LogP contribution < -0.4 is 11.1 Å². The minimum Gasteiger partial charge on any atom is -0.368 e. The SMILES string of the molecule is Cc1cc(C)cc(C(Cc2cccnc2)(NCc2cccnc2)C(N)=O)c1. The average molecular weight is 360 g/mol. The van der Waals surface area contributed by atoms with Gasteiger partial charge in [-0.25, -0.2) is 0 Å². The Bertz CT molecular complexity index is 892. The van der Waals surface area contributed by atoms with Gasteiger partial charge >= 0.3 is 0 Å². The number of carbonyl (C=O) groups is 1. The molecule has 138 valence electrons. The fourth-order valence-corrected chi connectivity index (χ4v) is 3.37. The van der Waals surface area contributed by atoms with Gasteiger partial charge in [0.15, 0.2) is 0 Å². The molecule has 3 N–H and O–H groups in total. The second kappa shape index (κ2) is 8.10. The van der Waals surface area contributed by atoms with Crippen LogP contribution in [0.25, 0.3) is 0 Å². The number of nitrogens with two attached hydrogens (primary N) is 1. The molecule has 0 saturated heterocycles. The summed E-state index contributed by atoms with van der Waals surface area (Å²) >= 11 is 0. The molecule has 3 rings (SSSR count). The van der Waals surface area contributed by atoms with Crippen LogP contribution in [0.4, 0.5) is 0 Å². The fourth-order valence-electron chi connectivity index (χ4n) is 3.37. The van der Waals surface area contributed by atoms with E-state index in [1.807, 2.05) is 50.2 Å². The molecule has 27 heavy (non-hydrogen) atoms. The highest BCUT2D eigenvalue weighted by Crippen LogP contribution is 2.28. The molecule has 5 nitrogen and oxygen atoms in total. The second-order valence-corrected chi connectivity index (χ2v) is 6.90. The maximum atomic E-state index is 12.8. The molecule has 0 bridgehead atoms. The smallest absolute Gasteiger partial charge is 0.242 e. The first-order valence-electron chi connectivity index (χ1n) is 8.91. The van der Waals surface area contributed by atoms with Gasteiger partial charge in [-0.3, -0.25) is 20.1 Å². The molecule has 0 radical (unpaired) electrons. The minimum atomic E-state index is -1.05. The van der Waals surface area contributed by atoms with Crippen molar-refractivity contribution in [2.75, 3.05) is 0 Å². The van der Waals surface area contributed by atoms with Gasteiger partial charge in [0.25, 0.3) is 0 Å². The highest BCUT2D eigenvalue weighted by Gasteiger charge is 2.38. The van der Waals surface area contributed by atoms with E-state index in [9.17, 15) is 4.79 Å². The zero-order valence-corrected chi connectivity index (χ0v) is 15.6. The van der Waals surface area contributed by atoms with Crippen LogP contribution in [-0.4, -0.2) is 15.9 Å². The van der Waals surface area contributed by atoms with E-state index >= 15 is 0 Å². The van der Waals surface area contributed by atoms with Crippen molar-refractivity contribution in [3.8, 4) is 0 Å². The minimum absolute atomic E-state index is 0.416. The van der Waals surface area contributed by atoms with Gasteiger partial charge in [-0.15, -0.1) is 0 Å². The third-order valence-electron chi connectivity index (χ3n) is 4.64. The predicted molar refractivity (Wildman–Crippen MR) is 106 cm³/mol. The third kappa shape index (κ3) is 4.38. The monoisotopic (exact) mass is 360 g/mol. The lowest BCUT2D eigenvalue weighted by Gasteiger charge is -2.33. The van der Waals surface area contributed by atoms with E-state index in [-0.39, 0.29) is 0 Å². The number of hydrogen-bond donors (Lipinski definition) is 2. The van der Waals surface area contributed by atoms with E-state index in [1.165, 1.54) is 0 Å². The molecule has 0 aliphatic carbocycles. The van der Waals surface area contributed by atoms with Crippen LogP contribution >= 0.6 is 0 Å². The third-order valence-corrected chi connectivity index (χ3v) is 4.64. The van der Waals surface area contributed by atoms with E-state index in [4.69, 9.17) is 5.73 Å². The Hall–Kier alpha value is -3.05. The van der Waals surface area contributed by atoms with Crippen molar-refractivity contribution >= 4 is 5.91 Å². The standard InChI is InChI=1S/C22H24N4O/c1-16-9-17(2)11-20(10-16)22(21(23)27,12-18-5-3-7-24-13-18)26-15-19-6-4-8-25-14-19/h3-11,13-14,26H,12,15H2,1-2H3,(H2,23,27). The van der Waals surface area contributed by atoms with Crippen molar-refractivity contribution in [3.05, 3.63) is 95.1 Å². The van der Waals surface area contributed by atoms with Crippen molar-refractivity contribution in [2.45, 2.75) is 32.4 Å². The van der Waals surface area contributed by atoms with Crippen LogP contribution in [0.5, 0.6) is 0 Å². The molecular formula is C22H24N4O. The molecule has 1 aromatic carbocycles. The van der Waals surface area contributed by atoms with E-state index in [2.05, 4.69) is 21.4 Å². The Morgan fingerprint density at radius 2 is 1.59 bits per heavy atom. The summed E-state index contributed by atoms with van der Waals surface area (Å²) in [6.07, 6.45) is 7.41. The molecule has 0 aliphatic rings. The molecule has 1 unspecified atom stereocenters. The van der Waals surface area contributed by atoms with Gasteiger partial charge in [-0.2, -0.15) is 0 Å². The number of nitrogens with one attached hydrogen (secondary N) is 1. The molecular weight excluding hydrogens is 336 g/mol. The van der Waals surface area contributed by atoms with Gasteiger partial charge in [0.05, 0.1) is 0 Å². The van der Waals surface area contributed by atoms with E-state index in [0.29, 0.717) is 13.0 Å². The lowest BCUT2D eigenvalue weighted by atomic mass is 9.81. The molecule has 2 aromatic heterocycles. The number of rotatable bonds is 7. The molecule has 3 aromatic rings. The molecule has 2 heterocycles. The molecule has 1 amide bonds. The topological polar surface area (TPSA) is 80.9 Å². The van der Waals surface area contributed by atoms with Crippen LogP contribution in [0.3, 0.4) is 0 Å². The maximum Gasteiger partial charge on any atom is 0.242 e. The van der Waals surface area contributed by atoms with Crippen LogP contribution in [0.2, 0.25) is 0 Å². The average Bonchev–Trinajstić information content (AvgIpc) is 2.66. The first-order valence-corrected chi connectivity index (χ1v) is 8.91. The van der Waals surface area contributed by atoms with Crippen molar-refractivity contribution < 1.29 is 4.79 Å². The molecule has 0 spiro atoms. The van der Waals surface area contributed by atoms with Crippen molar-refractivity contribution in [1.82, 2.24) is 15.3 Å². The number of hydrogen-bond acceptors (Lipinski definition) is 4. The Balaban J connectivity index is 2.05. The highest BCUT2D eigenvalue weighted by molar-refractivity contribution is 5.86. The van der Waals surface area contributed by atoms with Crippen molar-refractivity contribution in [1.29, 1.82) is 0 Å². The van der Waals surface area contributed by atoms with Gasteiger partial charge in [0, 0.05) is 37.8 Å². The maximum absolute atomic E-state index is 12.8. The fraction of sp³-hybridized carbons (Fsp3) is 0.227. The number of primary amides is 1. The lowest BCUT2D eigenvalue weighted by molar-refractivity contribution is -0.125. The Morgan fingerprint density at radius 3 is 2.11 bits per heavy atom. The number of nitrogens with zero attached hydrogens (tertiary/aromatic N) is 2. The van der Waals surface area contributed by atoms with Crippen LogP contribution in [0, 0.1) is 13.8 Å². The second-order valence-electron chi connectivity index (χ2n) is 6.90. The molecule has 0 fully saturated rings. The largest absolute Gasteiger partial charge is 0.368 e. The van der Waals surface area contributed by atoms with Crippen LogP contribution in [0.15, 0.2) is 67.3 Å². The van der Waals surface area contributed by atoms with Crippen LogP contribution in [0.1, 0.15) is 27.8 Å². The van der Waals surface area contributed by atoms with E-state index in [0.717, 1.165) is 27.8 Å². The zero-order valence-electron chi connectivity index (χ0n) is 15.6. The van der Waals surface area contributed by atoms with Gasteiger partial charge < -0.3 is 5.73 Å². The highest BCUT2D eigenvalue weighted by atomic mass is 16.1. The molecule has 1 atom stereocenters. The summed E-state index contributed by atoms with van der Waals surface area (Å²) in [6.45, 7) is 4.52. The normalized spacial score (nSPS) is 13.1. The number of aryl methyl sites for hydroxylation is 2. The summed E-state index contributed by atoms with van der Waals surface area (Å²) < 4.78 is 0. The summed E-state index contributed by atoms with van der Waals surface area (Å²) in [5, 5.41) is 3.43. The summed E-state index contributed by atoms with van der Waals surface area (Å²) in [5.41, 5.74) is 9.89. The quantitative estimate of drug-likeness (QED) is 0.679. The Morgan fingerprint density at radius 1 is 1.00 bits per heavy atom. The molecule has 0 aliphatic heterocycles. The van der Waals surface area contributed by atoms with E-state index < -0.39 is 11.4 Å². The number of benzene rings is 1. The summed E-state index contributed by atoms with van der Waals surface area (Å²) in [7, 11) is 0. The van der Waals surface area contributed by atoms with Crippen molar-refractivity contribution in [3.63, 3.8) is 0 Å². The van der Waals surface area contributed by atoms with Crippen molar-refractivity contribution in [2.24, 2.45) is 5.73 Å². The Labute approximate surface area is 159 Å². The Kier molecular flexibility index (Phi) is 5.62. The first-order chi connectivity index (χ1) is 13.0. The summed E-state index contributed by atoms with van der Waals surface area (Å²) in [4.78, 5) is 21.1. The number of carbonyl (C=O) groups excluding carboxylic acids is 1. The number of amides is 1. The van der Waals surface area contributed by atoms with Gasteiger partial charge in [0.1, 0.15) is 5.54 Å². The first kappa shape index (κ1) is 18.7. The molecule has 0 saturated carbocycles. The summed E-state index contributed by atoms with van der Waals surface area (Å²) in [6, 6.07) is 13.8. The predicted octanol–water partition coefficient (Wildman–Crippen LogP) is 2.81. The molecule has 5 heteroatoms. The van der Waals surface area contributed by atoms with Gasteiger partial charge in [0.2, 0.25) is 5.91 Å².